The number of nitro groups is 1. The molecule has 1 rings (SSSR count). The molecule has 10 heteroatoms. The molecule has 1 aliphatic carbocycles. The SMILES string of the molecule is CC(C)=CC1[C@@H](C(=O)N[C@@H](CCCN=C(N)N[N+](=O)[O-])C(=O)NCCC(C)C)C1(C)C. The highest BCUT2D eigenvalue weighted by Crippen LogP contribution is 2.59. The molecule has 0 aromatic rings. The van der Waals surface area contributed by atoms with Crippen LogP contribution in [0.25, 0.3) is 0 Å². The number of hydrogen-bond acceptors (Lipinski definition) is 5. The first-order valence-corrected chi connectivity index (χ1v) is 10.8. The van der Waals surface area contributed by atoms with Crippen LogP contribution < -0.4 is 21.8 Å². The van der Waals surface area contributed by atoms with Gasteiger partial charge in [-0.25, -0.2) is 15.1 Å². The molecule has 2 amide bonds. The minimum Gasteiger partial charge on any atom is -0.365 e. The standard InChI is InChI=1S/C21H38N6O4/c1-13(2)9-11-23-18(28)16(8-7-10-24-20(22)26-27(30)31)25-19(29)17-15(12-14(3)4)21(17,5)6/h12-13,15-17H,7-11H2,1-6H3,(H,23,28)(H,25,29)(H3,22,24,26)/t15?,16-,17-/m0/s1. The summed E-state index contributed by atoms with van der Waals surface area (Å²) >= 11 is 0. The highest BCUT2D eigenvalue weighted by atomic mass is 16.7. The highest BCUT2D eigenvalue weighted by molar-refractivity contribution is 5.90. The van der Waals surface area contributed by atoms with Gasteiger partial charge in [0.15, 0.2) is 5.03 Å². The molecular weight excluding hydrogens is 400 g/mol. The minimum absolute atomic E-state index is 0.130. The summed E-state index contributed by atoms with van der Waals surface area (Å²) < 4.78 is 0. The number of amides is 2. The zero-order valence-electron chi connectivity index (χ0n) is 19.5. The maximum absolute atomic E-state index is 12.9. The number of allylic oxidation sites excluding steroid dienone is 2. The van der Waals surface area contributed by atoms with E-state index in [2.05, 4.69) is 49.4 Å². The largest absolute Gasteiger partial charge is 0.365 e. The predicted octanol–water partition coefficient (Wildman–Crippen LogP) is 1.75. The fourth-order valence-corrected chi connectivity index (χ4v) is 3.61. The average Bonchev–Trinajstić information content (AvgIpc) is 3.15. The first-order chi connectivity index (χ1) is 14.4. The van der Waals surface area contributed by atoms with Gasteiger partial charge in [0.25, 0.3) is 5.96 Å². The van der Waals surface area contributed by atoms with Gasteiger partial charge in [0, 0.05) is 13.1 Å². The van der Waals surface area contributed by atoms with E-state index < -0.39 is 11.1 Å². The van der Waals surface area contributed by atoms with Crippen molar-refractivity contribution in [3.8, 4) is 0 Å². The number of hydrogen-bond donors (Lipinski definition) is 4. The third-order valence-electron chi connectivity index (χ3n) is 5.50. The number of nitrogens with one attached hydrogen (secondary N) is 3. The molecular formula is C21H38N6O4. The van der Waals surface area contributed by atoms with Crippen LogP contribution in [0.2, 0.25) is 0 Å². The highest BCUT2D eigenvalue weighted by Gasteiger charge is 2.60. The van der Waals surface area contributed by atoms with Crippen molar-refractivity contribution in [3.63, 3.8) is 0 Å². The molecule has 0 aromatic carbocycles. The van der Waals surface area contributed by atoms with E-state index in [0.717, 1.165) is 12.0 Å². The Bertz CT molecular complexity index is 713. The lowest BCUT2D eigenvalue weighted by molar-refractivity contribution is -0.525. The zero-order valence-corrected chi connectivity index (χ0v) is 19.5. The molecule has 3 atom stereocenters. The van der Waals surface area contributed by atoms with Crippen LogP contribution in [0.15, 0.2) is 16.6 Å². The van der Waals surface area contributed by atoms with E-state index in [1.807, 2.05) is 13.8 Å². The second-order valence-electron chi connectivity index (χ2n) is 9.38. The molecule has 10 nitrogen and oxygen atoms in total. The minimum atomic E-state index is -0.787. The molecule has 1 saturated carbocycles. The number of nitrogens with two attached hydrogens (primary N) is 1. The normalized spacial score (nSPS) is 20.5. The van der Waals surface area contributed by atoms with Gasteiger partial charge in [-0.05, 0) is 50.4 Å². The van der Waals surface area contributed by atoms with E-state index >= 15 is 0 Å². The van der Waals surface area contributed by atoms with Crippen molar-refractivity contribution in [3.05, 3.63) is 21.8 Å². The van der Waals surface area contributed by atoms with Gasteiger partial charge in [0.1, 0.15) is 6.04 Å². The van der Waals surface area contributed by atoms with Crippen LogP contribution in [0.3, 0.4) is 0 Å². The molecule has 0 spiro atoms. The van der Waals surface area contributed by atoms with Gasteiger partial charge < -0.3 is 16.4 Å². The van der Waals surface area contributed by atoms with Gasteiger partial charge in [0.2, 0.25) is 11.8 Å². The van der Waals surface area contributed by atoms with Crippen molar-refractivity contribution in [1.29, 1.82) is 0 Å². The topological polar surface area (TPSA) is 152 Å². The quantitative estimate of drug-likeness (QED) is 0.0909. The van der Waals surface area contributed by atoms with E-state index in [0.29, 0.717) is 25.3 Å². The maximum Gasteiger partial charge on any atom is 0.251 e. The number of carbonyl (C=O) groups is 2. The third kappa shape index (κ3) is 8.94. The van der Waals surface area contributed by atoms with Crippen LogP contribution >= 0.6 is 0 Å². The van der Waals surface area contributed by atoms with Crippen LogP contribution in [0.4, 0.5) is 0 Å². The lowest BCUT2D eigenvalue weighted by atomic mass is 10.1. The average molecular weight is 439 g/mol. The second kappa shape index (κ2) is 11.7. The second-order valence-corrected chi connectivity index (χ2v) is 9.38. The zero-order chi connectivity index (χ0) is 23.8. The molecule has 1 fully saturated rings. The number of rotatable bonds is 12. The number of aliphatic imine (C=N–C) groups is 1. The number of hydrazine groups is 1. The van der Waals surface area contributed by atoms with Crippen molar-refractivity contribution in [2.24, 2.45) is 33.9 Å². The summed E-state index contributed by atoms with van der Waals surface area (Å²) in [6.45, 7) is 13.0. The van der Waals surface area contributed by atoms with Crippen LogP contribution in [0.5, 0.6) is 0 Å². The lowest BCUT2D eigenvalue weighted by Crippen LogP contribution is -2.48. The van der Waals surface area contributed by atoms with E-state index in [4.69, 9.17) is 5.73 Å². The summed E-state index contributed by atoms with van der Waals surface area (Å²) in [5, 5.41) is 15.4. The first kappa shape index (κ1) is 26.4. The molecule has 176 valence electrons. The third-order valence-corrected chi connectivity index (χ3v) is 5.50. The molecule has 31 heavy (non-hydrogen) atoms. The van der Waals surface area contributed by atoms with Crippen molar-refractivity contribution in [2.45, 2.75) is 66.8 Å². The first-order valence-electron chi connectivity index (χ1n) is 10.8. The lowest BCUT2D eigenvalue weighted by Gasteiger charge is -2.19. The fourth-order valence-electron chi connectivity index (χ4n) is 3.61. The Balaban J connectivity index is 2.74. The van der Waals surface area contributed by atoms with Crippen molar-refractivity contribution in [2.75, 3.05) is 13.1 Å². The van der Waals surface area contributed by atoms with Gasteiger partial charge in [-0.3, -0.25) is 9.59 Å². The van der Waals surface area contributed by atoms with E-state index in [-0.39, 0.29) is 41.6 Å². The van der Waals surface area contributed by atoms with Gasteiger partial charge in [-0.1, -0.05) is 44.8 Å². The molecule has 0 bridgehead atoms. The summed E-state index contributed by atoms with van der Waals surface area (Å²) in [5.74, 6) is -0.222. The van der Waals surface area contributed by atoms with Gasteiger partial charge >= 0.3 is 0 Å². The van der Waals surface area contributed by atoms with Crippen molar-refractivity contribution in [1.82, 2.24) is 16.1 Å². The fraction of sp³-hybridized carbons (Fsp3) is 0.762. The predicted molar refractivity (Wildman–Crippen MR) is 120 cm³/mol. The summed E-state index contributed by atoms with van der Waals surface area (Å²) in [7, 11) is 0. The Kier molecular flexibility index (Phi) is 9.93. The van der Waals surface area contributed by atoms with Gasteiger partial charge in [-0.2, -0.15) is 0 Å². The molecule has 1 aliphatic rings. The number of carbonyl (C=O) groups excluding carboxylic acids is 2. The van der Waals surface area contributed by atoms with Crippen molar-refractivity contribution < 1.29 is 14.6 Å². The van der Waals surface area contributed by atoms with Crippen LogP contribution in [0.1, 0.15) is 60.8 Å². The van der Waals surface area contributed by atoms with Crippen LogP contribution in [0, 0.1) is 33.3 Å². The molecule has 5 N–H and O–H groups in total. The Morgan fingerprint density at radius 1 is 1.26 bits per heavy atom. The molecule has 0 radical (unpaired) electrons. The van der Waals surface area contributed by atoms with Crippen LogP contribution in [-0.4, -0.2) is 41.9 Å². The van der Waals surface area contributed by atoms with E-state index in [1.165, 1.54) is 0 Å². The molecule has 1 unspecified atom stereocenters. The molecule has 0 heterocycles. The Hall–Kier alpha value is -2.65. The van der Waals surface area contributed by atoms with Crippen LogP contribution in [-0.2, 0) is 9.59 Å². The molecule has 0 aliphatic heterocycles. The summed E-state index contributed by atoms with van der Waals surface area (Å²) in [6.07, 6.45) is 3.75. The summed E-state index contributed by atoms with van der Waals surface area (Å²) in [6, 6.07) is -0.691. The Morgan fingerprint density at radius 3 is 2.45 bits per heavy atom. The molecule has 0 aromatic heterocycles. The van der Waals surface area contributed by atoms with E-state index in [1.54, 1.807) is 5.43 Å². The Labute approximate surface area is 184 Å². The summed E-state index contributed by atoms with van der Waals surface area (Å²) in [5.41, 5.74) is 8.19. The Morgan fingerprint density at radius 2 is 1.90 bits per heavy atom. The summed E-state index contributed by atoms with van der Waals surface area (Å²) in [4.78, 5) is 39.8. The maximum atomic E-state index is 12.9. The molecule has 0 saturated heterocycles. The van der Waals surface area contributed by atoms with Gasteiger partial charge in [-0.15, -0.1) is 0 Å². The van der Waals surface area contributed by atoms with Crippen molar-refractivity contribution >= 4 is 17.8 Å². The van der Waals surface area contributed by atoms with Gasteiger partial charge in [0.05, 0.1) is 5.92 Å². The smallest absolute Gasteiger partial charge is 0.251 e. The number of nitrogens with zero attached hydrogens (tertiary/aromatic N) is 2. The number of guanidine groups is 1. The monoisotopic (exact) mass is 438 g/mol. The van der Waals surface area contributed by atoms with E-state index in [9.17, 15) is 19.7 Å².